The van der Waals surface area contributed by atoms with Crippen LogP contribution in [0.4, 0.5) is 0 Å². The number of rotatable bonds is 4. The first-order valence-electron chi connectivity index (χ1n) is 6.80. The van der Waals surface area contributed by atoms with Crippen LogP contribution in [0.1, 0.15) is 45.4 Å². The second-order valence-corrected chi connectivity index (χ2v) is 5.20. The van der Waals surface area contributed by atoms with Gasteiger partial charge >= 0.3 is 0 Å². The summed E-state index contributed by atoms with van der Waals surface area (Å²) >= 11 is 0. The Morgan fingerprint density at radius 3 is 2.88 bits per heavy atom. The third-order valence-corrected chi connectivity index (χ3v) is 4.21. The molecule has 2 aliphatic rings. The van der Waals surface area contributed by atoms with E-state index in [0.717, 1.165) is 18.4 Å². The van der Waals surface area contributed by atoms with E-state index in [1.165, 1.54) is 38.6 Å². The van der Waals surface area contributed by atoms with Gasteiger partial charge in [0.1, 0.15) is 0 Å². The Morgan fingerprint density at radius 1 is 1.38 bits per heavy atom. The zero-order valence-electron chi connectivity index (χ0n) is 10.3. The van der Waals surface area contributed by atoms with Gasteiger partial charge in [-0.05, 0) is 44.6 Å². The highest BCUT2D eigenvalue weighted by Gasteiger charge is 2.35. The van der Waals surface area contributed by atoms with Crippen LogP contribution in [-0.4, -0.2) is 24.7 Å². The molecule has 0 aromatic carbocycles. The maximum Gasteiger partial charge on any atom is 0.0686 e. The largest absolute Gasteiger partial charge is 0.314 e. The Hall–Kier alpha value is -0.520. The molecule has 2 rings (SSSR count). The van der Waals surface area contributed by atoms with Crippen LogP contribution in [0, 0.1) is 18.3 Å². The summed E-state index contributed by atoms with van der Waals surface area (Å²) in [5.41, 5.74) is 0. The molecule has 2 heteroatoms. The molecule has 1 saturated heterocycles. The van der Waals surface area contributed by atoms with E-state index in [9.17, 15) is 0 Å². The lowest BCUT2D eigenvalue weighted by atomic mass is 9.92. The van der Waals surface area contributed by atoms with E-state index in [0.29, 0.717) is 6.04 Å². The highest BCUT2D eigenvalue weighted by atomic mass is 15.0. The lowest BCUT2D eigenvalue weighted by molar-refractivity contribution is 0.309. The van der Waals surface area contributed by atoms with Crippen LogP contribution in [0.5, 0.6) is 0 Å². The van der Waals surface area contributed by atoms with Gasteiger partial charge in [-0.1, -0.05) is 19.3 Å². The minimum absolute atomic E-state index is 0.270. The molecule has 1 aliphatic carbocycles. The highest BCUT2D eigenvalue weighted by molar-refractivity contribution is 5.02. The summed E-state index contributed by atoms with van der Waals surface area (Å²) in [6, 6.07) is 1.67. The molecule has 16 heavy (non-hydrogen) atoms. The third kappa shape index (κ3) is 2.59. The minimum Gasteiger partial charge on any atom is -0.314 e. The number of hydrogen-bond donors (Lipinski definition) is 2. The van der Waals surface area contributed by atoms with Gasteiger partial charge < -0.3 is 10.6 Å². The van der Waals surface area contributed by atoms with Crippen LogP contribution in [0.25, 0.3) is 0 Å². The van der Waals surface area contributed by atoms with Crippen molar-refractivity contribution in [3.05, 3.63) is 0 Å². The summed E-state index contributed by atoms with van der Waals surface area (Å²) in [6.45, 7) is 3.37. The summed E-state index contributed by atoms with van der Waals surface area (Å²) in [4.78, 5) is 0. The standard InChI is InChI=1S/C14H24N2/c1-3-11(4-2)16-14-8-5-7-12(14)13-9-6-10-15-13/h1,11-16H,4-10H2,2H3. The molecule has 90 valence electrons. The highest BCUT2D eigenvalue weighted by Crippen LogP contribution is 2.32. The average molecular weight is 220 g/mol. The molecule has 0 radical (unpaired) electrons. The van der Waals surface area contributed by atoms with Gasteiger partial charge in [-0.25, -0.2) is 0 Å². The van der Waals surface area contributed by atoms with Crippen molar-refractivity contribution < 1.29 is 0 Å². The smallest absolute Gasteiger partial charge is 0.0686 e. The number of hydrogen-bond acceptors (Lipinski definition) is 2. The van der Waals surface area contributed by atoms with E-state index < -0.39 is 0 Å². The molecular formula is C14H24N2. The minimum atomic E-state index is 0.270. The fourth-order valence-corrected chi connectivity index (χ4v) is 3.30. The molecule has 0 amide bonds. The topological polar surface area (TPSA) is 24.1 Å². The predicted molar refractivity (Wildman–Crippen MR) is 68.2 cm³/mol. The molecular weight excluding hydrogens is 196 g/mol. The molecule has 1 saturated carbocycles. The number of terminal acetylenes is 1. The second-order valence-electron chi connectivity index (χ2n) is 5.20. The monoisotopic (exact) mass is 220 g/mol. The van der Waals surface area contributed by atoms with Gasteiger partial charge in [0.2, 0.25) is 0 Å². The van der Waals surface area contributed by atoms with E-state index in [2.05, 4.69) is 23.5 Å². The van der Waals surface area contributed by atoms with E-state index in [1.54, 1.807) is 0 Å². The van der Waals surface area contributed by atoms with Gasteiger partial charge in [0.05, 0.1) is 6.04 Å². The molecule has 0 bridgehead atoms. The van der Waals surface area contributed by atoms with Crippen molar-refractivity contribution in [2.24, 2.45) is 5.92 Å². The Bertz CT molecular complexity index is 250. The first-order chi connectivity index (χ1) is 7.85. The summed E-state index contributed by atoms with van der Waals surface area (Å²) in [5, 5.41) is 7.31. The quantitative estimate of drug-likeness (QED) is 0.707. The van der Waals surface area contributed by atoms with Crippen LogP contribution in [0.2, 0.25) is 0 Å². The Morgan fingerprint density at radius 2 is 2.25 bits per heavy atom. The van der Waals surface area contributed by atoms with Crippen molar-refractivity contribution in [3.63, 3.8) is 0 Å². The van der Waals surface area contributed by atoms with Crippen molar-refractivity contribution >= 4 is 0 Å². The van der Waals surface area contributed by atoms with Gasteiger partial charge in [-0.3, -0.25) is 0 Å². The number of nitrogens with one attached hydrogen (secondary N) is 2. The van der Waals surface area contributed by atoms with Gasteiger partial charge in [0, 0.05) is 12.1 Å². The molecule has 0 spiro atoms. The van der Waals surface area contributed by atoms with Crippen molar-refractivity contribution in [1.82, 2.24) is 10.6 Å². The fraction of sp³-hybridized carbons (Fsp3) is 0.857. The molecule has 2 N–H and O–H groups in total. The summed E-state index contributed by atoms with van der Waals surface area (Å²) in [5.74, 6) is 3.67. The van der Waals surface area contributed by atoms with E-state index in [1.807, 2.05) is 0 Å². The third-order valence-electron chi connectivity index (χ3n) is 4.21. The van der Waals surface area contributed by atoms with Crippen LogP contribution < -0.4 is 10.6 Å². The van der Waals surface area contributed by atoms with Crippen LogP contribution in [-0.2, 0) is 0 Å². The van der Waals surface area contributed by atoms with Gasteiger partial charge in [0.15, 0.2) is 0 Å². The maximum atomic E-state index is 5.53. The first kappa shape index (κ1) is 12.0. The van der Waals surface area contributed by atoms with Crippen LogP contribution in [0.15, 0.2) is 0 Å². The average Bonchev–Trinajstić information content (AvgIpc) is 2.95. The zero-order valence-corrected chi connectivity index (χ0v) is 10.3. The molecule has 4 atom stereocenters. The van der Waals surface area contributed by atoms with E-state index >= 15 is 0 Å². The molecule has 2 fully saturated rings. The predicted octanol–water partition coefficient (Wildman–Crippen LogP) is 1.91. The summed E-state index contributed by atoms with van der Waals surface area (Å²) < 4.78 is 0. The van der Waals surface area contributed by atoms with Gasteiger partial charge in [-0.15, -0.1) is 6.42 Å². The summed E-state index contributed by atoms with van der Waals surface area (Å²) in [7, 11) is 0. The Kier molecular flexibility index (Phi) is 4.26. The first-order valence-corrected chi connectivity index (χ1v) is 6.80. The van der Waals surface area contributed by atoms with Crippen LogP contribution >= 0.6 is 0 Å². The zero-order chi connectivity index (χ0) is 11.4. The lowest BCUT2D eigenvalue weighted by Gasteiger charge is -2.28. The molecule has 0 aromatic rings. The summed E-state index contributed by atoms with van der Waals surface area (Å²) in [6.07, 6.45) is 13.3. The lowest BCUT2D eigenvalue weighted by Crippen LogP contribution is -2.45. The van der Waals surface area contributed by atoms with Gasteiger partial charge in [-0.2, -0.15) is 0 Å². The SMILES string of the molecule is C#CC(CC)NC1CCCC1C1CCCN1. The normalized spacial score (nSPS) is 36.1. The molecule has 1 aliphatic heterocycles. The van der Waals surface area contributed by atoms with E-state index in [-0.39, 0.29) is 6.04 Å². The van der Waals surface area contributed by atoms with E-state index in [4.69, 9.17) is 6.42 Å². The molecule has 2 nitrogen and oxygen atoms in total. The Balaban J connectivity index is 1.90. The van der Waals surface area contributed by atoms with Crippen molar-refractivity contribution in [2.45, 2.75) is 63.6 Å². The Labute approximate surface area is 99.6 Å². The maximum absolute atomic E-state index is 5.53. The molecule has 1 heterocycles. The van der Waals surface area contributed by atoms with Crippen molar-refractivity contribution in [3.8, 4) is 12.3 Å². The molecule has 0 aromatic heterocycles. The molecule has 4 unspecified atom stereocenters. The van der Waals surface area contributed by atoms with Crippen LogP contribution in [0.3, 0.4) is 0 Å². The van der Waals surface area contributed by atoms with Crippen molar-refractivity contribution in [1.29, 1.82) is 0 Å². The second kappa shape index (κ2) is 5.70. The fourth-order valence-electron chi connectivity index (χ4n) is 3.30. The van der Waals surface area contributed by atoms with Gasteiger partial charge in [0.25, 0.3) is 0 Å². The van der Waals surface area contributed by atoms with Crippen molar-refractivity contribution in [2.75, 3.05) is 6.54 Å².